The van der Waals surface area contributed by atoms with Crippen molar-refractivity contribution >= 4 is 35.3 Å². The Morgan fingerprint density at radius 2 is 1.56 bits per heavy atom. The minimum absolute atomic E-state index is 0.0137. The van der Waals surface area contributed by atoms with Crippen LogP contribution in [0.4, 0.5) is 5.69 Å². The number of carbonyl (C=O) groups excluding carboxylic acids is 4. The van der Waals surface area contributed by atoms with E-state index in [2.05, 4.69) is 31.4 Å². The Balaban J connectivity index is 1.31. The van der Waals surface area contributed by atoms with Gasteiger partial charge in [-0.15, -0.1) is 0 Å². The highest BCUT2D eigenvalue weighted by Gasteiger charge is 2.44. The van der Waals surface area contributed by atoms with Crippen LogP contribution in [0.25, 0.3) is 0 Å². The molecule has 3 aliphatic rings. The van der Waals surface area contributed by atoms with Crippen molar-refractivity contribution in [2.45, 2.75) is 78.2 Å². The lowest BCUT2D eigenvalue weighted by atomic mass is 9.66. The zero-order chi connectivity index (χ0) is 30.9. The van der Waals surface area contributed by atoms with E-state index in [-0.39, 0.29) is 59.9 Å². The molecule has 2 aromatic rings. The number of nitrogens with one attached hydrogen (secondary N) is 2. The molecule has 1 unspecified atom stereocenters. The molecule has 4 amide bonds. The summed E-state index contributed by atoms with van der Waals surface area (Å²) in [6.07, 6.45) is 6.02. The molecular weight excluding hydrogens is 546 g/mol. The van der Waals surface area contributed by atoms with Crippen molar-refractivity contribution < 1.29 is 29.1 Å². The van der Waals surface area contributed by atoms with Crippen molar-refractivity contribution in [3.8, 4) is 0 Å². The van der Waals surface area contributed by atoms with Gasteiger partial charge in [0.25, 0.3) is 17.7 Å². The number of imide groups is 1. The average Bonchev–Trinajstić information content (AvgIpc) is 3.77. The van der Waals surface area contributed by atoms with Crippen molar-refractivity contribution in [1.29, 1.82) is 0 Å². The quantitative estimate of drug-likeness (QED) is 0.323. The number of rotatable bonds is 10. The van der Waals surface area contributed by atoms with Crippen LogP contribution in [0.2, 0.25) is 0 Å². The van der Waals surface area contributed by atoms with Crippen molar-refractivity contribution in [3.05, 3.63) is 64.7 Å². The molecule has 2 aromatic carbocycles. The second kappa shape index (κ2) is 12.3. The Hall–Kier alpha value is -4.01. The summed E-state index contributed by atoms with van der Waals surface area (Å²) in [5, 5.41) is 14.5. The number of aliphatic carboxylic acids is 1. The molecule has 0 saturated heterocycles. The number of amides is 4. The summed E-state index contributed by atoms with van der Waals surface area (Å²) in [6.45, 7) is 6.86. The monoisotopic (exact) mass is 587 g/mol. The predicted octanol–water partition coefficient (Wildman–Crippen LogP) is 5.30. The van der Waals surface area contributed by atoms with Gasteiger partial charge in [0.15, 0.2) is 0 Å². The van der Waals surface area contributed by atoms with E-state index in [0.29, 0.717) is 34.7 Å². The van der Waals surface area contributed by atoms with Crippen LogP contribution in [0, 0.1) is 23.2 Å². The number of carboxylic acids is 1. The summed E-state index contributed by atoms with van der Waals surface area (Å²) in [5.41, 5.74) is 2.80. The van der Waals surface area contributed by atoms with E-state index < -0.39 is 5.97 Å². The molecule has 1 aliphatic heterocycles. The van der Waals surface area contributed by atoms with Crippen molar-refractivity contribution in [1.82, 2.24) is 10.2 Å². The van der Waals surface area contributed by atoms with Gasteiger partial charge < -0.3 is 15.7 Å². The SMILES string of the molecule is CC(C)(C)C1CCC(C(Cc2ccc(C(=O)NCCC(=O)O)cc2)C(=O)Nc2ccc3c(c2)C(=O)N(C2CC2)C3=O)CC1. The fourth-order valence-corrected chi connectivity index (χ4v) is 6.53. The van der Waals surface area contributed by atoms with Crippen LogP contribution in [-0.4, -0.2) is 52.2 Å². The van der Waals surface area contributed by atoms with Crippen LogP contribution in [-0.2, 0) is 16.0 Å². The van der Waals surface area contributed by atoms with Gasteiger partial charge in [-0.25, -0.2) is 0 Å². The summed E-state index contributed by atoms with van der Waals surface area (Å²) < 4.78 is 0. The Labute approximate surface area is 252 Å². The summed E-state index contributed by atoms with van der Waals surface area (Å²) in [6, 6.07) is 12.0. The highest BCUT2D eigenvalue weighted by molar-refractivity contribution is 6.22. The van der Waals surface area contributed by atoms with E-state index in [1.54, 1.807) is 30.3 Å². The van der Waals surface area contributed by atoms with Gasteiger partial charge in [0, 0.05) is 29.8 Å². The average molecular weight is 588 g/mol. The molecular formula is C34H41N3O6. The van der Waals surface area contributed by atoms with Gasteiger partial charge in [0.05, 0.1) is 17.5 Å². The molecule has 0 spiro atoms. The third-order valence-corrected chi connectivity index (χ3v) is 9.30. The lowest BCUT2D eigenvalue weighted by Gasteiger charge is -2.39. The van der Waals surface area contributed by atoms with Gasteiger partial charge in [-0.1, -0.05) is 32.9 Å². The summed E-state index contributed by atoms with van der Waals surface area (Å²) >= 11 is 0. The number of nitrogens with zero attached hydrogens (tertiary/aromatic N) is 1. The lowest BCUT2D eigenvalue weighted by molar-refractivity contribution is -0.136. The summed E-state index contributed by atoms with van der Waals surface area (Å²) in [5.74, 6) is -1.52. The van der Waals surface area contributed by atoms with Gasteiger partial charge in [-0.2, -0.15) is 0 Å². The number of carboxylic acid groups (broad SMARTS) is 1. The van der Waals surface area contributed by atoms with Crippen molar-refractivity contribution in [3.63, 3.8) is 0 Å². The Morgan fingerprint density at radius 1 is 0.907 bits per heavy atom. The first kappa shape index (κ1) is 30.4. The van der Waals surface area contributed by atoms with Crippen molar-refractivity contribution in [2.75, 3.05) is 11.9 Å². The minimum Gasteiger partial charge on any atom is -0.481 e. The number of fused-ring (bicyclic) bond motifs is 1. The highest BCUT2D eigenvalue weighted by atomic mass is 16.4. The maximum absolute atomic E-state index is 13.9. The molecule has 1 heterocycles. The number of carbonyl (C=O) groups is 5. The molecule has 5 rings (SSSR count). The first-order valence-corrected chi connectivity index (χ1v) is 15.3. The molecule has 0 aromatic heterocycles. The molecule has 228 valence electrons. The topological polar surface area (TPSA) is 133 Å². The van der Waals surface area contributed by atoms with Gasteiger partial charge in [-0.3, -0.25) is 28.9 Å². The van der Waals surface area contributed by atoms with E-state index >= 15 is 0 Å². The fourth-order valence-electron chi connectivity index (χ4n) is 6.53. The Kier molecular flexibility index (Phi) is 8.71. The predicted molar refractivity (Wildman–Crippen MR) is 162 cm³/mol. The number of hydrogen-bond donors (Lipinski definition) is 3. The molecule has 9 heteroatoms. The second-order valence-corrected chi connectivity index (χ2v) is 13.3. The van der Waals surface area contributed by atoms with Gasteiger partial charge in [0.1, 0.15) is 0 Å². The molecule has 3 N–H and O–H groups in total. The molecule has 9 nitrogen and oxygen atoms in total. The molecule has 2 fully saturated rings. The van der Waals surface area contributed by atoms with Crippen LogP contribution >= 0.6 is 0 Å². The molecule has 0 bridgehead atoms. The summed E-state index contributed by atoms with van der Waals surface area (Å²) in [4.78, 5) is 64.1. The molecule has 2 aliphatic carbocycles. The molecule has 43 heavy (non-hydrogen) atoms. The zero-order valence-electron chi connectivity index (χ0n) is 25.2. The van der Waals surface area contributed by atoms with E-state index in [1.807, 2.05) is 12.1 Å². The van der Waals surface area contributed by atoms with Crippen LogP contribution in [0.5, 0.6) is 0 Å². The van der Waals surface area contributed by atoms with E-state index in [0.717, 1.165) is 44.1 Å². The Bertz CT molecular complexity index is 1410. The molecule has 1 atom stereocenters. The lowest BCUT2D eigenvalue weighted by Crippen LogP contribution is -2.35. The minimum atomic E-state index is -0.975. The van der Waals surface area contributed by atoms with E-state index in [4.69, 9.17) is 5.11 Å². The summed E-state index contributed by atoms with van der Waals surface area (Å²) in [7, 11) is 0. The number of benzene rings is 2. The fraction of sp³-hybridized carbons (Fsp3) is 0.500. The smallest absolute Gasteiger partial charge is 0.305 e. The Morgan fingerprint density at radius 3 is 2.16 bits per heavy atom. The third kappa shape index (κ3) is 6.98. The van der Waals surface area contributed by atoms with Gasteiger partial charge in [0.2, 0.25) is 5.91 Å². The third-order valence-electron chi connectivity index (χ3n) is 9.30. The van der Waals surface area contributed by atoms with Gasteiger partial charge >= 0.3 is 5.97 Å². The van der Waals surface area contributed by atoms with Crippen LogP contribution in [0.15, 0.2) is 42.5 Å². The first-order chi connectivity index (χ1) is 20.4. The number of hydrogen-bond acceptors (Lipinski definition) is 5. The zero-order valence-corrected chi connectivity index (χ0v) is 25.2. The van der Waals surface area contributed by atoms with E-state index in [9.17, 15) is 24.0 Å². The highest BCUT2D eigenvalue weighted by Crippen LogP contribution is 2.43. The molecule has 2 saturated carbocycles. The van der Waals surface area contributed by atoms with Crippen LogP contribution < -0.4 is 10.6 Å². The van der Waals surface area contributed by atoms with Crippen LogP contribution in [0.1, 0.15) is 102 Å². The van der Waals surface area contributed by atoms with Crippen LogP contribution in [0.3, 0.4) is 0 Å². The largest absolute Gasteiger partial charge is 0.481 e. The van der Waals surface area contributed by atoms with E-state index in [1.165, 1.54) is 4.90 Å². The maximum atomic E-state index is 13.9. The standard InChI is InChI=1S/C34H41N3O6/c1-34(2,3)23-10-8-21(9-11-23)27(18-20-4-6-22(7-5-20)30(40)35-17-16-29(38)39)31(41)36-24-12-15-26-28(19-24)33(43)37(32(26)42)25-13-14-25/h4-7,12,15,19,21,23,25,27H,8-11,13-14,16-18H2,1-3H3,(H,35,40)(H,36,41)(H,38,39). The maximum Gasteiger partial charge on any atom is 0.305 e. The second-order valence-electron chi connectivity index (χ2n) is 13.3. The normalized spacial score (nSPS) is 20.9. The first-order valence-electron chi connectivity index (χ1n) is 15.3. The van der Waals surface area contributed by atoms with Gasteiger partial charge in [-0.05, 0) is 98.1 Å². The molecule has 0 radical (unpaired) electrons. The van der Waals surface area contributed by atoms with Crippen molar-refractivity contribution in [2.24, 2.45) is 23.2 Å². The number of anilines is 1.